The molecule has 7 heteroatoms. The van der Waals surface area contributed by atoms with Gasteiger partial charge < -0.3 is 5.11 Å². The number of aliphatic hydroxyl groups is 1. The average Bonchev–Trinajstić information content (AvgIpc) is 3.33. The fraction of sp³-hybridized carbons (Fsp3) is 0.0769. The van der Waals surface area contributed by atoms with Crippen molar-refractivity contribution in [1.82, 2.24) is 24.7 Å². The van der Waals surface area contributed by atoms with Gasteiger partial charge in [-0.05, 0) is 42.0 Å². The van der Waals surface area contributed by atoms with Crippen LogP contribution >= 0.6 is 0 Å². The zero-order valence-electron chi connectivity index (χ0n) is 17.6. The summed E-state index contributed by atoms with van der Waals surface area (Å²) in [5, 5.41) is 14.1. The first kappa shape index (κ1) is 20.7. The lowest BCUT2D eigenvalue weighted by Gasteiger charge is -2.11. The van der Waals surface area contributed by atoms with E-state index in [2.05, 4.69) is 20.1 Å². The summed E-state index contributed by atoms with van der Waals surface area (Å²) in [5.41, 5.74) is 5.06. The summed E-state index contributed by atoms with van der Waals surface area (Å²) in [5.74, 6) is -0.333. The molecule has 1 N–H and O–H groups in total. The SMILES string of the molecule is OC/C=C/Cn1cc(-c2cncc(-c3cc(-c4ccccc4F)nc4ncccc34)c2)cn1. The van der Waals surface area contributed by atoms with Crippen LogP contribution in [0.1, 0.15) is 0 Å². The van der Waals surface area contributed by atoms with Crippen molar-refractivity contribution >= 4 is 11.0 Å². The second-order valence-corrected chi connectivity index (χ2v) is 7.48. The number of benzene rings is 1. The molecule has 0 atom stereocenters. The fourth-order valence-corrected chi connectivity index (χ4v) is 3.72. The second kappa shape index (κ2) is 9.10. The van der Waals surface area contributed by atoms with Crippen molar-refractivity contribution in [2.24, 2.45) is 0 Å². The van der Waals surface area contributed by atoms with Gasteiger partial charge in [-0.2, -0.15) is 5.10 Å². The maximum atomic E-state index is 14.5. The molecule has 5 rings (SSSR count). The van der Waals surface area contributed by atoms with Gasteiger partial charge in [0.2, 0.25) is 0 Å². The molecule has 0 unspecified atom stereocenters. The summed E-state index contributed by atoms with van der Waals surface area (Å²) >= 11 is 0. The van der Waals surface area contributed by atoms with Gasteiger partial charge in [-0.3, -0.25) is 9.67 Å². The van der Waals surface area contributed by atoms with Crippen molar-refractivity contribution in [1.29, 1.82) is 0 Å². The summed E-state index contributed by atoms with van der Waals surface area (Å²) in [4.78, 5) is 13.5. The number of aliphatic hydroxyl groups excluding tert-OH is 1. The predicted octanol–water partition coefficient (Wildman–Crippen LogP) is 4.91. The lowest BCUT2D eigenvalue weighted by molar-refractivity contribution is 0.342. The molecule has 6 nitrogen and oxygen atoms in total. The van der Waals surface area contributed by atoms with E-state index in [0.29, 0.717) is 23.4 Å². The molecule has 0 radical (unpaired) electrons. The minimum atomic E-state index is -0.333. The lowest BCUT2D eigenvalue weighted by Crippen LogP contribution is -1.95. The van der Waals surface area contributed by atoms with Crippen LogP contribution in [0.5, 0.6) is 0 Å². The molecule has 33 heavy (non-hydrogen) atoms. The number of pyridine rings is 3. The molecule has 1 aromatic carbocycles. The van der Waals surface area contributed by atoms with Crippen molar-refractivity contribution in [2.45, 2.75) is 6.54 Å². The van der Waals surface area contributed by atoms with Crippen LogP contribution in [0.3, 0.4) is 0 Å². The first-order valence-electron chi connectivity index (χ1n) is 10.5. The Morgan fingerprint density at radius 3 is 2.67 bits per heavy atom. The molecule has 0 bridgehead atoms. The number of allylic oxidation sites excluding steroid dienone is 1. The lowest BCUT2D eigenvalue weighted by atomic mass is 9.99. The second-order valence-electron chi connectivity index (χ2n) is 7.48. The molecular formula is C26H20FN5O. The monoisotopic (exact) mass is 437 g/mol. The van der Waals surface area contributed by atoms with Crippen molar-refractivity contribution < 1.29 is 9.50 Å². The Morgan fingerprint density at radius 2 is 1.79 bits per heavy atom. The van der Waals surface area contributed by atoms with Gasteiger partial charge in [-0.1, -0.05) is 24.3 Å². The molecule has 0 amide bonds. The Kier molecular flexibility index (Phi) is 5.70. The Hall–Kier alpha value is -4.23. The number of halogens is 1. The smallest absolute Gasteiger partial charge is 0.160 e. The van der Waals surface area contributed by atoms with E-state index < -0.39 is 0 Å². The zero-order chi connectivity index (χ0) is 22.6. The van der Waals surface area contributed by atoms with Crippen LogP contribution in [0.15, 0.2) is 91.7 Å². The minimum Gasteiger partial charge on any atom is -0.392 e. The number of hydrogen-bond donors (Lipinski definition) is 1. The average molecular weight is 437 g/mol. The van der Waals surface area contributed by atoms with Gasteiger partial charge in [0.25, 0.3) is 0 Å². The van der Waals surface area contributed by atoms with Crippen LogP contribution in [0.2, 0.25) is 0 Å². The van der Waals surface area contributed by atoms with Gasteiger partial charge in [-0.25, -0.2) is 14.4 Å². The van der Waals surface area contributed by atoms with Gasteiger partial charge >= 0.3 is 0 Å². The van der Waals surface area contributed by atoms with E-state index in [1.165, 1.54) is 6.07 Å². The molecule has 162 valence electrons. The maximum Gasteiger partial charge on any atom is 0.160 e. The highest BCUT2D eigenvalue weighted by Crippen LogP contribution is 2.33. The van der Waals surface area contributed by atoms with Crippen molar-refractivity contribution in [3.05, 3.63) is 97.5 Å². The van der Waals surface area contributed by atoms with Gasteiger partial charge in [0.15, 0.2) is 5.65 Å². The molecule has 0 aliphatic heterocycles. The van der Waals surface area contributed by atoms with Crippen LogP contribution in [0.4, 0.5) is 4.39 Å². The van der Waals surface area contributed by atoms with E-state index in [1.807, 2.05) is 36.5 Å². The van der Waals surface area contributed by atoms with Gasteiger partial charge in [0.1, 0.15) is 5.82 Å². The molecular weight excluding hydrogens is 417 g/mol. The highest BCUT2D eigenvalue weighted by Gasteiger charge is 2.14. The summed E-state index contributed by atoms with van der Waals surface area (Å²) < 4.78 is 16.3. The summed E-state index contributed by atoms with van der Waals surface area (Å²) in [6.07, 6.45) is 12.5. The van der Waals surface area contributed by atoms with E-state index in [-0.39, 0.29) is 12.4 Å². The Morgan fingerprint density at radius 1 is 0.909 bits per heavy atom. The maximum absolute atomic E-state index is 14.5. The molecule has 4 heterocycles. The normalized spacial score (nSPS) is 11.5. The van der Waals surface area contributed by atoms with Crippen molar-refractivity contribution in [3.63, 3.8) is 0 Å². The van der Waals surface area contributed by atoms with E-state index >= 15 is 0 Å². The highest BCUT2D eigenvalue weighted by atomic mass is 19.1. The number of fused-ring (bicyclic) bond motifs is 1. The van der Waals surface area contributed by atoms with Gasteiger partial charge in [-0.15, -0.1) is 0 Å². The van der Waals surface area contributed by atoms with Crippen molar-refractivity contribution in [2.75, 3.05) is 6.61 Å². The third-order valence-electron chi connectivity index (χ3n) is 5.31. The number of aromatic nitrogens is 5. The van der Waals surface area contributed by atoms with Gasteiger partial charge in [0.05, 0.1) is 25.0 Å². The van der Waals surface area contributed by atoms with E-state index in [0.717, 1.165) is 27.6 Å². The third-order valence-corrected chi connectivity index (χ3v) is 5.31. The quantitative estimate of drug-likeness (QED) is 0.382. The molecule has 0 fully saturated rings. The van der Waals surface area contributed by atoms with Crippen LogP contribution in [-0.4, -0.2) is 36.4 Å². The van der Waals surface area contributed by atoms with Crippen LogP contribution < -0.4 is 0 Å². The molecule has 0 saturated heterocycles. The first-order chi connectivity index (χ1) is 16.2. The number of nitrogens with zero attached hydrogens (tertiary/aromatic N) is 5. The summed E-state index contributed by atoms with van der Waals surface area (Å²) in [6.45, 7) is 0.573. The third kappa shape index (κ3) is 4.26. The van der Waals surface area contributed by atoms with Crippen LogP contribution in [-0.2, 0) is 6.54 Å². The van der Waals surface area contributed by atoms with Crippen LogP contribution in [0.25, 0.3) is 44.5 Å². The molecule has 0 saturated carbocycles. The van der Waals surface area contributed by atoms with Gasteiger partial charge in [0, 0.05) is 52.4 Å². The number of rotatable bonds is 6. The van der Waals surface area contributed by atoms with E-state index in [4.69, 9.17) is 5.11 Å². The Balaban J connectivity index is 1.60. The Labute approximate surface area is 189 Å². The zero-order valence-corrected chi connectivity index (χ0v) is 17.6. The molecule has 0 aliphatic rings. The van der Waals surface area contributed by atoms with Crippen LogP contribution in [0, 0.1) is 5.82 Å². The number of hydrogen-bond acceptors (Lipinski definition) is 5. The molecule has 4 aromatic heterocycles. The molecule has 0 aliphatic carbocycles. The first-order valence-corrected chi connectivity index (χ1v) is 10.5. The standard InChI is InChI=1S/C26H20FN5O/c27-24-8-2-1-6-22(24)25-13-23(21-7-5-9-29-26(21)31-25)19-12-18(14-28-15-19)20-16-30-32(17-20)10-3-4-11-33/h1-9,12-17,33H,10-11H2/b4-3+. The minimum absolute atomic E-state index is 0.00368. The largest absolute Gasteiger partial charge is 0.392 e. The molecule has 0 spiro atoms. The predicted molar refractivity (Wildman–Crippen MR) is 126 cm³/mol. The molecule has 5 aromatic rings. The highest BCUT2D eigenvalue weighted by molar-refractivity contribution is 5.95. The topological polar surface area (TPSA) is 76.7 Å². The van der Waals surface area contributed by atoms with E-state index in [1.54, 1.807) is 53.7 Å². The van der Waals surface area contributed by atoms with E-state index in [9.17, 15) is 4.39 Å². The fourth-order valence-electron chi connectivity index (χ4n) is 3.72. The summed E-state index contributed by atoms with van der Waals surface area (Å²) in [7, 11) is 0. The summed E-state index contributed by atoms with van der Waals surface area (Å²) in [6, 6.07) is 14.3. The Bertz CT molecular complexity index is 1460. The van der Waals surface area contributed by atoms with Crippen molar-refractivity contribution in [3.8, 4) is 33.5 Å².